The van der Waals surface area contributed by atoms with Gasteiger partial charge in [0.05, 0.1) is 12.7 Å². The summed E-state index contributed by atoms with van der Waals surface area (Å²) in [5.74, 6) is -1.00. The molecule has 1 unspecified atom stereocenters. The molecular formula is C20H20O4. The fourth-order valence-corrected chi connectivity index (χ4v) is 2.56. The molecule has 4 nitrogen and oxygen atoms in total. The van der Waals surface area contributed by atoms with Gasteiger partial charge in [0, 0.05) is 24.3 Å². The van der Waals surface area contributed by atoms with Crippen LogP contribution < -0.4 is 0 Å². The van der Waals surface area contributed by atoms with Crippen LogP contribution >= 0.6 is 0 Å². The van der Waals surface area contributed by atoms with E-state index in [-0.39, 0.29) is 18.0 Å². The summed E-state index contributed by atoms with van der Waals surface area (Å²) < 4.78 is 4.67. The van der Waals surface area contributed by atoms with Crippen LogP contribution in [0.3, 0.4) is 0 Å². The van der Waals surface area contributed by atoms with Crippen molar-refractivity contribution in [1.82, 2.24) is 0 Å². The molecule has 0 amide bonds. The highest BCUT2D eigenvalue weighted by Gasteiger charge is 2.23. The molecule has 0 aliphatic heterocycles. The van der Waals surface area contributed by atoms with E-state index in [1.807, 2.05) is 6.07 Å². The lowest BCUT2D eigenvalue weighted by Gasteiger charge is -2.15. The standard InChI is InChI=1S/C20H20O4/c1-3-18(21)17(13-19(22)15-7-5-4-6-8-15)14-9-11-16(12-10-14)20(23)24-2/h4-12,17H,3,13H2,1-2H3. The summed E-state index contributed by atoms with van der Waals surface area (Å²) in [7, 11) is 1.32. The third-order valence-corrected chi connectivity index (χ3v) is 3.96. The van der Waals surface area contributed by atoms with Crippen molar-refractivity contribution in [3.63, 3.8) is 0 Å². The van der Waals surface area contributed by atoms with Gasteiger partial charge in [0.25, 0.3) is 0 Å². The van der Waals surface area contributed by atoms with Gasteiger partial charge in [0.15, 0.2) is 5.78 Å². The van der Waals surface area contributed by atoms with Crippen LogP contribution in [0.1, 0.15) is 52.0 Å². The zero-order valence-corrected chi connectivity index (χ0v) is 13.8. The first kappa shape index (κ1) is 17.6. The molecule has 0 bridgehead atoms. The van der Waals surface area contributed by atoms with E-state index < -0.39 is 11.9 Å². The SMILES string of the molecule is CCC(=O)C(CC(=O)c1ccccc1)c1ccc(C(=O)OC)cc1. The van der Waals surface area contributed by atoms with Crippen molar-refractivity contribution in [2.45, 2.75) is 25.7 Å². The van der Waals surface area contributed by atoms with Gasteiger partial charge in [-0.1, -0.05) is 49.4 Å². The smallest absolute Gasteiger partial charge is 0.337 e. The zero-order valence-electron chi connectivity index (χ0n) is 13.8. The highest BCUT2D eigenvalue weighted by molar-refractivity contribution is 6.00. The van der Waals surface area contributed by atoms with Crippen LogP contribution in [-0.4, -0.2) is 24.6 Å². The van der Waals surface area contributed by atoms with Gasteiger partial charge >= 0.3 is 5.97 Å². The lowest BCUT2D eigenvalue weighted by atomic mass is 9.87. The van der Waals surface area contributed by atoms with E-state index in [4.69, 9.17) is 0 Å². The van der Waals surface area contributed by atoms with Gasteiger partial charge in [0.1, 0.15) is 5.78 Å². The second kappa shape index (κ2) is 8.20. The normalized spacial score (nSPS) is 11.6. The molecule has 2 rings (SSSR count). The molecule has 0 saturated carbocycles. The van der Waals surface area contributed by atoms with E-state index in [9.17, 15) is 14.4 Å². The molecule has 0 heterocycles. The number of methoxy groups -OCH3 is 1. The molecule has 124 valence electrons. The molecule has 4 heteroatoms. The fourth-order valence-electron chi connectivity index (χ4n) is 2.56. The molecule has 0 fully saturated rings. The predicted octanol–water partition coefficient (Wildman–Crippen LogP) is 3.81. The van der Waals surface area contributed by atoms with Crippen molar-refractivity contribution in [2.75, 3.05) is 7.11 Å². The maximum absolute atomic E-state index is 12.4. The second-order valence-corrected chi connectivity index (χ2v) is 5.48. The van der Waals surface area contributed by atoms with Crippen LogP contribution in [0.15, 0.2) is 54.6 Å². The fraction of sp³-hybridized carbons (Fsp3) is 0.250. The molecule has 0 aliphatic carbocycles. The van der Waals surface area contributed by atoms with Gasteiger partial charge < -0.3 is 4.74 Å². The number of hydrogen-bond acceptors (Lipinski definition) is 4. The second-order valence-electron chi connectivity index (χ2n) is 5.48. The first-order valence-electron chi connectivity index (χ1n) is 7.86. The third kappa shape index (κ3) is 4.16. The number of carbonyl (C=O) groups is 3. The molecule has 2 aromatic rings. The van der Waals surface area contributed by atoms with Gasteiger partial charge in [-0.2, -0.15) is 0 Å². The molecule has 0 aromatic heterocycles. The Kier molecular flexibility index (Phi) is 6.01. The summed E-state index contributed by atoms with van der Waals surface area (Å²) in [5, 5.41) is 0. The molecule has 24 heavy (non-hydrogen) atoms. The molecule has 1 atom stereocenters. The van der Waals surface area contributed by atoms with Crippen molar-refractivity contribution in [3.8, 4) is 0 Å². The molecule has 0 N–H and O–H groups in total. The van der Waals surface area contributed by atoms with Crippen LogP contribution in [0.4, 0.5) is 0 Å². The van der Waals surface area contributed by atoms with Crippen LogP contribution in [0.5, 0.6) is 0 Å². The zero-order chi connectivity index (χ0) is 17.5. The number of ketones is 2. The minimum absolute atomic E-state index is 0.00472. The van der Waals surface area contributed by atoms with E-state index in [0.717, 1.165) is 5.56 Å². The van der Waals surface area contributed by atoms with E-state index >= 15 is 0 Å². The topological polar surface area (TPSA) is 60.4 Å². The van der Waals surface area contributed by atoms with Crippen LogP contribution in [0.25, 0.3) is 0 Å². The monoisotopic (exact) mass is 324 g/mol. The lowest BCUT2D eigenvalue weighted by molar-refractivity contribution is -0.120. The highest BCUT2D eigenvalue weighted by Crippen LogP contribution is 2.25. The average Bonchev–Trinajstić information content (AvgIpc) is 2.65. The van der Waals surface area contributed by atoms with Crippen LogP contribution in [-0.2, 0) is 9.53 Å². The van der Waals surface area contributed by atoms with Crippen molar-refractivity contribution < 1.29 is 19.1 Å². The Morgan fingerprint density at radius 2 is 1.54 bits per heavy atom. The minimum atomic E-state index is -0.505. The number of hydrogen-bond donors (Lipinski definition) is 0. The van der Waals surface area contributed by atoms with Gasteiger partial charge in [-0.05, 0) is 17.7 Å². The maximum atomic E-state index is 12.4. The van der Waals surface area contributed by atoms with Crippen molar-refractivity contribution in [2.24, 2.45) is 0 Å². The molecular weight excluding hydrogens is 304 g/mol. The van der Waals surface area contributed by atoms with E-state index in [2.05, 4.69) is 4.74 Å². The highest BCUT2D eigenvalue weighted by atomic mass is 16.5. The lowest BCUT2D eigenvalue weighted by Crippen LogP contribution is -2.16. The molecule has 0 saturated heterocycles. The van der Waals surface area contributed by atoms with Crippen LogP contribution in [0.2, 0.25) is 0 Å². The number of benzene rings is 2. The Labute approximate surface area is 141 Å². The van der Waals surface area contributed by atoms with Gasteiger partial charge in [0.2, 0.25) is 0 Å². The van der Waals surface area contributed by atoms with E-state index in [1.54, 1.807) is 55.5 Å². The van der Waals surface area contributed by atoms with E-state index in [0.29, 0.717) is 17.5 Å². The number of Topliss-reactive ketones (excluding diaryl/α,β-unsaturated/α-hetero) is 2. The quantitative estimate of drug-likeness (QED) is 0.574. The molecule has 0 aliphatic rings. The Balaban J connectivity index is 2.24. The molecule has 0 radical (unpaired) electrons. The molecule has 0 spiro atoms. The summed E-state index contributed by atoms with van der Waals surface area (Å²) in [6.07, 6.45) is 0.472. The predicted molar refractivity (Wildman–Crippen MR) is 91.2 cm³/mol. The van der Waals surface area contributed by atoms with Crippen molar-refractivity contribution in [3.05, 3.63) is 71.3 Å². The Morgan fingerprint density at radius 1 is 0.917 bits per heavy atom. The number of carbonyl (C=O) groups excluding carboxylic acids is 3. The summed E-state index contributed by atoms with van der Waals surface area (Å²) in [4.78, 5) is 36.3. The Bertz CT molecular complexity index is 717. The average molecular weight is 324 g/mol. The van der Waals surface area contributed by atoms with Gasteiger partial charge in [-0.25, -0.2) is 4.79 Å². The van der Waals surface area contributed by atoms with Crippen molar-refractivity contribution in [1.29, 1.82) is 0 Å². The van der Waals surface area contributed by atoms with E-state index in [1.165, 1.54) is 7.11 Å². The Hall–Kier alpha value is -2.75. The summed E-state index contributed by atoms with van der Waals surface area (Å²) >= 11 is 0. The summed E-state index contributed by atoms with van der Waals surface area (Å²) in [6, 6.07) is 15.6. The van der Waals surface area contributed by atoms with Gasteiger partial charge in [-0.15, -0.1) is 0 Å². The maximum Gasteiger partial charge on any atom is 0.337 e. The van der Waals surface area contributed by atoms with Gasteiger partial charge in [-0.3, -0.25) is 9.59 Å². The molecule has 2 aromatic carbocycles. The first-order valence-corrected chi connectivity index (χ1v) is 7.86. The number of esters is 1. The summed E-state index contributed by atoms with van der Waals surface area (Å²) in [5.41, 5.74) is 1.75. The largest absolute Gasteiger partial charge is 0.465 e. The Morgan fingerprint density at radius 3 is 2.08 bits per heavy atom. The minimum Gasteiger partial charge on any atom is -0.465 e. The first-order chi connectivity index (χ1) is 11.6. The number of ether oxygens (including phenoxy) is 1. The summed E-state index contributed by atoms with van der Waals surface area (Å²) in [6.45, 7) is 1.78. The van der Waals surface area contributed by atoms with Crippen molar-refractivity contribution >= 4 is 17.5 Å². The van der Waals surface area contributed by atoms with Crippen LogP contribution in [0, 0.1) is 0 Å². The third-order valence-electron chi connectivity index (χ3n) is 3.96. The number of rotatable bonds is 7.